The third-order valence-electron chi connectivity index (χ3n) is 4.41. The van der Waals surface area contributed by atoms with Gasteiger partial charge >= 0.3 is 6.09 Å². The minimum absolute atomic E-state index is 0.170. The fraction of sp³-hybridized carbons (Fsp3) is 0.250. The molecule has 0 spiro atoms. The van der Waals surface area contributed by atoms with Gasteiger partial charge < -0.3 is 10.1 Å². The first-order chi connectivity index (χ1) is 13.7. The van der Waals surface area contributed by atoms with E-state index in [1.165, 1.54) is 0 Å². The van der Waals surface area contributed by atoms with Crippen LogP contribution in [0, 0.1) is 0 Å². The van der Waals surface area contributed by atoms with Gasteiger partial charge in [-0.15, -0.1) is 0 Å². The van der Waals surface area contributed by atoms with Gasteiger partial charge in [-0.1, -0.05) is 48.5 Å². The van der Waals surface area contributed by atoms with Crippen molar-refractivity contribution in [3.8, 4) is 0 Å². The van der Waals surface area contributed by atoms with Gasteiger partial charge in [0.25, 0.3) is 5.91 Å². The summed E-state index contributed by atoms with van der Waals surface area (Å²) >= 11 is 0. The topological polar surface area (TPSA) is 67.4 Å². The van der Waals surface area contributed by atoms with E-state index >= 15 is 0 Å². The van der Waals surface area contributed by atoms with Crippen LogP contribution in [0.3, 0.4) is 0 Å². The molecule has 0 radical (unpaired) electrons. The van der Waals surface area contributed by atoms with Crippen molar-refractivity contribution in [3.63, 3.8) is 0 Å². The van der Waals surface area contributed by atoms with E-state index in [4.69, 9.17) is 4.74 Å². The van der Waals surface area contributed by atoms with Crippen LogP contribution >= 0.6 is 0 Å². The molecular weight excluding hydrogens is 364 g/mol. The number of carbonyl (C=O) groups excluding carboxylic acids is 2. The maximum atomic E-state index is 12.8. The molecule has 0 aliphatic heterocycles. The van der Waals surface area contributed by atoms with Crippen LogP contribution < -0.4 is 10.6 Å². The molecule has 0 aliphatic carbocycles. The van der Waals surface area contributed by atoms with E-state index in [1.54, 1.807) is 45.0 Å². The molecule has 0 unspecified atom stereocenters. The predicted octanol–water partition coefficient (Wildman–Crippen LogP) is 5.68. The molecule has 0 saturated heterocycles. The van der Waals surface area contributed by atoms with Crippen LogP contribution in [0.25, 0.3) is 10.8 Å². The number of carbonyl (C=O) groups is 2. The number of hydrogen-bond donors (Lipinski definition) is 2. The minimum atomic E-state index is -0.590. The summed E-state index contributed by atoms with van der Waals surface area (Å²) in [4.78, 5) is 24.7. The predicted molar refractivity (Wildman–Crippen MR) is 116 cm³/mol. The number of rotatable bonds is 4. The number of anilines is 1. The molecule has 150 valence electrons. The Hall–Kier alpha value is -3.34. The van der Waals surface area contributed by atoms with E-state index in [0.29, 0.717) is 11.3 Å². The minimum Gasteiger partial charge on any atom is -0.444 e. The third kappa shape index (κ3) is 5.35. The Morgan fingerprint density at radius 1 is 0.931 bits per heavy atom. The number of amides is 2. The van der Waals surface area contributed by atoms with Crippen molar-refractivity contribution < 1.29 is 14.3 Å². The van der Waals surface area contributed by atoms with Crippen molar-refractivity contribution >= 4 is 28.5 Å². The van der Waals surface area contributed by atoms with Crippen molar-refractivity contribution in [3.05, 3.63) is 77.9 Å². The van der Waals surface area contributed by atoms with Crippen molar-refractivity contribution in [2.45, 2.75) is 39.3 Å². The Bertz CT molecular complexity index is 1030. The lowest BCUT2D eigenvalue weighted by atomic mass is 9.99. The van der Waals surface area contributed by atoms with Crippen molar-refractivity contribution in [2.75, 3.05) is 5.32 Å². The Morgan fingerprint density at radius 3 is 2.38 bits per heavy atom. The molecule has 3 aromatic rings. The highest BCUT2D eigenvalue weighted by Gasteiger charge is 2.17. The van der Waals surface area contributed by atoms with Gasteiger partial charge in [-0.05, 0) is 62.2 Å². The van der Waals surface area contributed by atoms with E-state index in [1.807, 2.05) is 31.2 Å². The fourth-order valence-corrected chi connectivity index (χ4v) is 3.15. The van der Waals surface area contributed by atoms with Gasteiger partial charge in [-0.25, -0.2) is 4.79 Å². The van der Waals surface area contributed by atoms with E-state index in [0.717, 1.165) is 16.3 Å². The standard InChI is InChI=1S/C24H26N2O3/c1-16(20-14-8-10-17-9-5-6-13-21(17)20)25-22(27)18-11-7-12-19(15-18)26-23(28)29-24(2,3)4/h5-16H,1-4H3,(H,25,27)(H,26,28)/t16-/m1/s1. The quantitative estimate of drug-likeness (QED) is 0.602. The highest BCUT2D eigenvalue weighted by atomic mass is 16.6. The Balaban J connectivity index is 1.73. The number of ether oxygens (including phenoxy) is 1. The molecule has 0 heterocycles. The van der Waals surface area contributed by atoms with E-state index in [2.05, 4.69) is 28.8 Å². The zero-order chi connectivity index (χ0) is 21.0. The number of benzene rings is 3. The molecule has 0 aromatic heterocycles. The second-order valence-corrected chi connectivity index (χ2v) is 7.97. The average molecular weight is 390 g/mol. The SMILES string of the molecule is C[C@@H](NC(=O)c1cccc(NC(=O)OC(C)(C)C)c1)c1cccc2ccccc12. The van der Waals surface area contributed by atoms with Crippen LogP contribution in [0.4, 0.5) is 10.5 Å². The molecule has 2 amide bonds. The monoisotopic (exact) mass is 390 g/mol. The largest absolute Gasteiger partial charge is 0.444 e. The highest BCUT2D eigenvalue weighted by Crippen LogP contribution is 2.24. The third-order valence-corrected chi connectivity index (χ3v) is 4.41. The van der Waals surface area contributed by atoms with Gasteiger partial charge in [0.15, 0.2) is 0 Å². The Labute approximate surface area is 171 Å². The molecule has 0 fully saturated rings. The van der Waals surface area contributed by atoms with E-state index in [9.17, 15) is 9.59 Å². The second-order valence-electron chi connectivity index (χ2n) is 7.97. The first-order valence-corrected chi connectivity index (χ1v) is 9.61. The van der Waals surface area contributed by atoms with Gasteiger partial charge in [0.1, 0.15) is 5.60 Å². The summed E-state index contributed by atoms with van der Waals surface area (Å²) in [6.45, 7) is 7.35. The lowest BCUT2D eigenvalue weighted by molar-refractivity contribution is 0.0635. The molecule has 5 nitrogen and oxygen atoms in total. The zero-order valence-electron chi connectivity index (χ0n) is 17.2. The molecule has 0 bridgehead atoms. The number of hydrogen-bond acceptors (Lipinski definition) is 3. The first-order valence-electron chi connectivity index (χ1n) is 9.61. The Kier molecular flexibility index (Phi) is 5.87. The van der Waals surface area contributed by atoms with Crippen LogP contribution in [0.15, 0.2) is 66.7 Å². The number of fused-ring (bicyclic) bond motifs is 1. The maximum Gasteiger partial charge on any atom is 0.412 e. The van der Waals surface area contributed by atoms with Crippen molar-refractivity contribution in [2.24, 2.45) is 0 Å². The van der Waals surface area contributed by atoms with Crippen LogP contribution in [0.5, 0.6) is 0 Å². The molecule has 2 N–H and O–H groups in total. The molecule has 3 rings (SSSR count). The Morgan fingerprint density at radius 2 is 1.62 bits per heavy atom. The lowest BCUT2D eigenvalue weighted by Crippen LogP contribution is -2.28. The normalized spacial score (nSPS) is 12.3. The zero-order valence-corrected chi connectivity index (χ0v) is 17.2. The van der Waals surface area contributed by atoms with E-state index in [-0.39, 0.29) is 11.9 Å². The van der Waals surface area contributed by atoms with Crippen LogP contribution in [-0.4, -0.2) is 17.6 Å². The number of nitrogens with one attached hydrogen (secondary N) is 2. The fourth-order valence-electron chi connectivity index (χ4n) is 3.15. The van der Waals surface area contributed by atoms with E-state index < -0.39 is 11.7 Å². The van der Waals surface area contributed by atoms with Gasteiger partial charge in [0.2, 0.25) is 0 Å². The molecule has 0 saturated carbocycles. The smallest absolute Gasteiger partial charge is 0.412 e. The summed E-state index contributed by atoms with van der Waals surface area (Å²) in [5, 5.41) is 7.95. The van der Waals surface area contributed by atoms with Gasteiger partial charge in [-0.3, -0.25) is 10.1 Å². The lowest BCUT2D eigenvalue weighted by Gasteiger charge is -2.20. The summed E-state index contributed by atoms with van der Waals surface area (Å²) in [6.07, 6.45) is -0.556. The van der Waals surface area contributed by atoms with Crippen molar-refractivity contribution in [1.82, 2.24) is 5.32 Å². The van der Waals surface area contributed by atoms with Gasteiger partial charge in [0, 0.05) is 11.3 Å². The maximum absolute atomic E-state index is 12.8. The second kappa shape index (κ2) is 8.35. The average Bonchev–Trinajstić information content (AvgIpc) is 2.66. The van der Waals surface area contributed by atoms with Crippen LogP contribution in [-0.2, 0) is 4.74 Å². The van der Waals surface area contributed by atoms with Crippen LogP contribution in [0.1, 0.15) is 49.7 Å². The van der Waals surface area contributed by atoms with Gasteiger partial charge in [0.05, 0.1) is 6.04 Å². The molecular formula is C24H26N2O3. The highest BCUT2D eigenvalue weighted by molar-refractivity contribution is 5.97. The molecule has 1 atom stereocenters. The van der Waals surface area contributed by atoms with Crippen LogP contribution in [0.2, 0.25) is 0 Å². The molecule has 0 aliphatic rings. The summed E-state index contributed by atoms with van der Waals surface area (Å²) in [5.41, 5.74) is 1.43. The summed E-state index contributed by atoms with van der Waals surface area (Å²) < 4.78 is 5.25. The van der Waals surface area contributed by atoms with Gasteiger partial charge in [-0.2, -0.15) is 0 Å². The molecule has 5 heteroatoms. The summed E-state index contributed by atoms with van der Waals surface area (Å²) in [6, 6.07) is 20.8. The summed E-state index contributed by atoms with van der Waals surface area (Å²) in [7, 11) is 0. The molecule has 3 aromatic carbocycles. The van der Waals surface area contributed by atoms with Crippen molar-refractivity contribution in [1.29, 1.82) is 0 Å². The first kappa shape index (κ1) is 20.4. The summed E-state index contributed by atoms with van der Waals surface area (Å²) in [5.74, 6) is -0.210. The molecule has 29 heavy (non-hydrogen) atoms.